The van der Waals surface area contributed by atoms with E-state index in [0.717, 1.165) is 4.47 Å². The zero-order valence-corrected chi connectivity index (χ0v) is 14.4. The predicted molar refractivity (Wildman–Crippen MR) is 86.7 cm³/mol. The van der Waals surface area contributed by atoms with Crippen molar-refractivity contribution in [3.8, 4) is 11.5 Å². The first-order valence-electron chi connectivity index (χ1n) is 6.56. The molecule has 0 aromatic heterocycles. The molecule has 0 bridgehead atoms. The van der Waals surface area contributed by atoms with Crippen molar-refractivity contribution < 1.29 is 17.9 Å². The zero-order valence-electron chi connectivity index (χ0n) is 12.0. The molecule has 22 heavy (non-hydrogen) atoms. The molecule has 1 aliphatic rings. The molecule has 0 amide bonds. The van der Waals surface area contributed by atoms with Crippen LogP contribution in [0.15, 0.2) is 51.8 Å². The lowest BCUT2D eigenvalue weighted by Gasteiger charge is -2.16. The van der Waals surface area contributed by atoms with Crippen LogP contribution in [0.1, 0.15) is 13.8 Å². The summed E-state index contributed by atoms with van der Waals surface area (Å²) in [7, 11) is -3.64. The average Bonchev–Trinajstić information content (AvgIpc) is 2.72. The van der Waals surface area contributed by atoms with E-state index in [1.165, 1.54) is 12.1 Å². The SMILES string of the molecule is CC1(C)Oc2ccc(NS(=O)(=O)c3ccc(Br)cc3)cc2O1. The van der Waals surface area contributed by atoms with E-state index in [2.05, 4.69) is 20.7 Å². The van der Waals surface area contributed by atoms with E-state index < -0.39 is 15.8 Å². The number of ether oxygens (including phenoxy) is 2. The van der Waals surface area contributed by atoms with E-state index in [9.17, 15) is 8.42 Å². The molecule has 1 aliphatic heterocycles. The summed E-state index contributed by atoms with van der Waals surface area (Å²) in [5.74, 6) is 0.364. The first-order chi connectivity index (χ1) is 10.3. The summed E-state index contributed by atoms with van der Waals surface area (Å²) in [5.41, 5.74) is 0.419. The van der Waals surface area contributed by atoms with Crippen LogP contribution in [0.4, 0.5) is 5.69 Å². The molecule has 0 aliphatic carbocycles. The maximum atomic E-state index is 12.3. The molecule has 2 aromatic rings. The van der Waals surface area contributed by atoms with Gasteiger partial charge < -0.3 is 9.47 Å². The van der Waals surface area contributed by atoms with E-state index >= 15 is 0 Å². The first kappa shape index (κ1) is 15.2. The molecule has 116 valence electrons. The Hall–Kier alpha value is -1.73. The Bertz CT molecular complexity index is 816. The Morgan fingerprint density at radius 3 is 2.32 bits per heavy atom. The van der Waals surface area contributed by atoms with Crippen LogP contribution in [0, 0.1) is 0 Å². The molecular formula is C15H14BrNO4S. The number of nitrogens with one attached hydrogen (secondary N) is 1. The number of hydrogen-bond donors (Lipinski definition) is 1. The maximum Gasteiger partial charge on any atom is 0.261 e. The fourth-order valence-electron chi connectivity index (χ4n) is 2.11. The molecule has 0 saturated heterocycles. The summed E-state index contributed by atoms with van der Waals surface area (Å²) in [6.45, 7) is 3.58. The largest absolute Gasteiger partial charge is 0.449 e. The van der Waals surface area contributed by atoms with Gasteiger partial charge in [-0.25, -0.2) is 8.42 Å². The Morgan fingerprint density at radius 2 is 1.64 bits per heavy atom. The lowest BCUT2D eigenvalue weighted by atomic mass is 10.3. The highest BCUT2D eigenvalue weighted by Gasteiger charge is 2.31. The second kappa shape index (κ2) is 5.17. The zero-order chi connectivity index (χ0) is 16.0. The highest BCUT2D eigenvalue weighted by atomic mass is 79.9. The van der Waals surface area contributed by atoms with Gasteiger partial charge in [-0.15, -0.1) is 0 Å². The van der Waals surface area contributed by atoms with E-state index in [-0.39, 0.29) is 4.90 Å². The molecule has 3 rings (SSSR count). The van der Waals surface area contributed by atoms with Gasteiger partial charge in [0.2, 0.25) is 5.79 Å². The lowest BCUT2D eigenvalue weighted by molar-refractivity contribution is -0.0431. The summed E-state index contributed by atoms with van der Waals surface area (Å²) in [4.78, 5) is 0.189. The van der Waals surface area contributed by atoms with Gasteiger partial charge in [-0.05, 0) is 36.4 Å². The summed E-state index contributed by atoms with van der Waals surface area (Å²) < 4.78 is 39.2. The number of rotatable bonds is 3. The van der Waals surface area contributed by atoms with Crippen LogP contribution < -0.4 is 14.2 Å². The Labute approximate surface area is 137 Å². The molecule has 0 spiro atoms. The minimum absolute atomic E-state index is 0.189. The van der Waals surface area contributed by atoms with Crippen molar-refractivity contribution in [1.82, 2.24) is 0 Å². The van der Waals surface area contributed by atoms with E-state index in [1.807, 2.05) is 0 Å². The third-order valence-corrected chi connectivity index (χ3v) is 4.96. The number of sulfonamides is 1. The van der Waals surface area contributed by atoms with Crippen LogP contribution in [0.25, 0.3) is 0 Å². The minimum atomic E-state index is -3.64. The predicted octanol–water partition coefficient (Wildman–Crippen LogP) is 3.76. The smallest absolute Gasteiger partial charge is 0.261 e. The fraction of sp³-hybridized carbons (Fsp3) is 0.200. The Morgan fingerprint density at radius 1 is 1.00 bits per heavy atom. The topological polar surface area (TPSA) is 64.6 Å². The number of benzene rings is 2. The molecular weight excluding hydrogens is 370 g/mol. The fourth-order valence-corrected chi connectivity index (χ4v) is 3.43. The van der Waals surface area contributed by atoms with E-state index in [1.54, 1.807) is 44.2 Å². The molecule has 0 saturated carbocycles. The van der Waals surface area contributed by atoms with Crippen molar-refractivity contribution in [3.05, 3.63) is 46.9 Å². The van der Waals surface area contributed by atoms with Gasteiger partial charge in [0.05, 0.1) is 10.6 Å². The molecule has 0 radical (unpaired) electrons. The lowest BCUT2D eigenvalue weighted by Crippen LogP contribution is -2.29. The summed E-state index contributed by atoms with van der Waals surface area (Å²) in [6, 6.07) is 11.3. The van der Waals surface area contributed by atoms with Gasteiger partial charge in [0.15, 0.2) is 11.5 Å². The van der Waals surface area contributed by atoms with Crippen LogP contribution in [0.3, 0.4) is 0 Å². The van der Waals surface area contributed by atoms with Crippen molar-refractivity contribution in [1.29, 1.82) is 0 Å². The van der Waals surface area contributed by atoms with E-state index in [4.69, 9.17) is 9.47 Å². The first-order valence-corrected chi connectivity index (χ1v) is 8.83. The number of hydrogen-bond acceptors (Lipinski definition) is 4. The van der Waals surface area contributed by atoms with Crippen molar-refractivity contribution in [2.75, 3.05) is 4.72 Å². The Kier molecular flexibility index (Phi) is 3.57. The van der Waals surface area contributed by atoms with Crippen LogP contribution in [-0.2, 0) is 10.0 Å². The molecule has 7 heteroatoms. The van der Waals surface area contributed by atoms with Gasteiger partial charge in [-0.1, -0.05) is 15.9 Å². The van der Waals surface area contributed by atoms with E-state index in [0.29, 0.717) is 17.2 Å². The van der Waals surface area contributed by atoms with Crippen LogP contribution in [0.5, 0.6) is 11.5 Å². The van der Waals surface area contributed by atoms with Crippen molar-refractivity contribution in [2.45, 2.75) is 24.5 Å². The summed E-state index contributed by atoms with van der Waals surface area (Å²) >= 11 is 3.28. The minimum Gasteiger partial charge on any atom is -0.449 e. The van der Waals surface area contributed by atoms with Crippen molar-refractivity contribution in [2.24, 2.45) is 0 Å². The maximum absolute atomic E-state index is 12.3. The highest BCUT2D eigenvalue weighted by molar-refractivity contribution is 9.10. The van der Waals surface area contributed by atoms with Gasteiger partial charge in [-0.2, -0.15) is 0 Å². The van der Waals surface area contributed by atoms with Crippen LogP contribution in [0.2, 0.25) is 0 Å². The molecule has 2 aromatic carbocycles. The third-order valence-electron chi connectivity index (χ3n) is 3.03. The van der Waals surface area contributed by atoms with Crippen LogP contribution >= 0.6 is 15.9 Å². The molecule has 0 atom stereocenters. The number of anilines is 1. The standard InChI is InChI=1S/C15H14BrNO4S/c1-15(2)20-13-8-5-11(9-14(13)21-15)17-22(18,19)12-6-3-10(16)4-7-12/h3-9,17H,1-2H3. The molecule has 0 unspecified atom stereocenters. The molecule has 1 N–H and O–H groups in total. The van der Waals surface area contributed by atoms with Gasteiger partial charge in [-0.3, -0.25) is 4.72 Å². The second-order valence-corrected chi connectivity index (χ2v) is 7.92. The van der Waals surface area contributed by atoms with Gasteiger partial charge in [0, 0.05) is 24.4 Å². The highest BCUT2D eigenvalue weighted by Crippen LogP contribution is 2.40. The van der Waals surface area contributed by atoms with Crippen molar-refractivity contribution >= 4 is 31.6 Å². The molecule has 1 heterocycles. The molecule has 5 nitrogen and oxygen atoms in total. The van der Waals surface area contributed by atoms with Gasteiger partial charge in [0.25, 0.3) is 10.0 Å². The quantitative estimate of drug-likeness (QED) is 0.876. The second-order valence-electron chi connectivity index (χ2n) is 5.32. The Balaban J connectivity index is 1.86. The normalized spacial score (nSPS) is 15.6. The average molecular weight is 384 g/mol. The number of fused-ring (bicyclic) bond motifs is 1. The summed E-state index contributed by atoms with van der Waals surface area (Å²) in [6.07, 6.45) is 0. The van der Waals surface area contributed by atoms with Crippen molar-refractivity contribution in [3.63, 3.8) is 0 Å². The third kappa shape index (κ3) is 3.05. The van der Waals surface area contributed by atoms with Crippen LogP contribution in [-0.4, -0.2) is 14.2 Å². The van der Waals surface area contributed by atoms with Gasteiger partial charge >= 0.3 is 0 Å². The summed E-state index contributed by atoms with van der Waals surface area (Å²) in [5, 5.41) is 0. The number of halogens is 1. The monoisotopic (exact) mass is 383 g/mol. The van der Waals surface area contributed by atoms with Gasteiger partial charge in [0.1, 0.15) is 0 Å². The molecule has 0 fully saturated rings.